The van der Waals surface area contributed by atoms with Crippen LogP contribution < -0.4 is 4.72 Å². The summed E-state index contributed by atoms with van der Waals surface area (Å²) in [4.78, 5) is 1.93. The zero-order valence-electron chi connectivity index (χ0n) is 11.6. The molecule has 7 heteroatoms. The third-order valence-corrected chi connectivity index (χ3v) is 6.54. The summed E-state index contributed by atoms with van der Waals surface area (Å²) in [5.74, 6) is 0. The molecule has 0 aliphatic carbocycles. The molecule has 1 heterocycles. The highest BCUT2D eigenvalue weighted by Crippen LogP contribution is 2.35. The van der Waals surface area contributed by atoms with E-state index in [0.717, 1.165) is 15.6 Å². The molecule has 0 atom stereocenters. The normalized spacial score (nSPS) is 12.4. The molecule has 0 unspecified atom stereocenters. The molecule has 0 bridgehead atoms. The van der Waals surface area contributed by atoms with E-state index in [1.807, 2.05) is 38.1 Å². The van der Waals surface area contributed by atoms with Crippen LogP contribution in [-0.4, -0.2) is 40.5 Å². The first kappa shape index (κ1) is 15.7. The zero-order chi connectivity index (χ0) is 14.9. The Balaban J connectivity index is 2.34. The van der Waals surface area contributed by atoms with Crippen LogP contribution in [0.25, 0.3) is 10.1 Å². The number of nitrogens with zero attached hydrogens (tertiary/aromatic N) is 1. The van der Waals surface area contributed by atoms with Gasteiger partial charge in [0.05, 0.1) is 0 Å². The molecule has 0 amide bonds. The maximum absolute atomic E-state index is 12.3. The Morgan fingerprint density at radius 1 is 1.35 bits per heavy atom. The van der Waals surface area contributed by atoms with E-state index < -0.39 is 10.0 Å². The lowest BCUT2D eigenvalue weighted by molar-refractivity contribution is 0.412. The molecular formula is C13H17ClN2O2S2. The van der Waals surface area contributed by atoms with Gasteiger partial charge in [-0.2, -0.15) is 0 Å². The van der Waals surface area contributed by atoms with Crippen LogP contribution in [-0.2, 0) is 10.0 Å². The molecule has 0 spiro atoms. The number of hydrogen-bond acceptors (Lipinski definition) is 4. The van der Waals surface area contributed by atoms with Crippen LogP contribution in [0.5, 0.6) is 0 Å². The van der Waals surface area contributed by atoms with E-state index >= 15 is 0 Å². The molecule has 0 aliphatic heterocycles. The van der Waals surface area contributed by atoms with Gasteiger partial charge in [0.2, 0.25) is 10.0 Å². The molecule has 20 heavy (non-hydrogen) atoms. The Bertz CT molecular complexity index is 723. The van der Waals surface area contributed by atoms with Crippen LogP contribution in [0.2, 0.25) is 5.02 Å². The number of nitrogens with one attached hydrogen (secondary N) is 1. The van der Waals surface area contributed by atoms with Crippen LogP contribution in [0.1, 0.15) is 5.56 Å². The second-order valence-corrected chi connectivity index (χ2v) is 8.31. The van der Waals surface area contributed by atoms with E-state index in [4.69, 9.17) is 11.6 Å². The number of aryl methyl sites for hydroxylation is 1. The van der Waals surface area contributed by atoms with Crippen LogP contribution in [0, 0.1) is 6.92 Å². The highest BCUT2D eigenvalue weighted by atomic mass is 35.5. The van der Waals surface area contributed by atoms with Gasteiger partial charge in [-0.3, -0.25) is 0 Å². The van der Waals surface area contributed by atoms with E-state index in [2.05, 4.69) is 4.72 Å². The fraction of sp³-hybridized carbons (Fsp3) is 0.385. The molecule has 0 fully saturated rings. The topological polar surface area (TPSA) is 49.4 Å². The number of rotatable bonds is 5. The van der Waals surface area contributed by atoms with Crippen molar-refractivity contribution in [2.75, 3.05) is 27.2 Å². The second kappa shape index (κ2) is 5.99. The molecule has 2 aromatic rings. The standard InChI is InChI=1S/C13H17ClN2O2S2/c1-9-11-8-10(14)4-5-12(11)19-13(9)20(17,18)15-6-7-16(2)3/h4-5,8,15H,6-7H2,1-3H3. The predicted octanol–water partition coefficient (Wildman–Crippen LogP) is 2.70. The number of benzene rings is 1. The summed E-state index contributed by atoms with van der Waals surface area (Å²) in [5, 5.41) is 1.51. The summed E-state index contributed by atoms with van der Waals surface area (Å²) in [6.45, 7) is 2.87. The van der Waals surface area contributed by atoms with Crippen molar-refractivity contribution in [1.29, 1.82) is 0 Å². The minimum absolute atomic E-state index is 0.369. The largest absolute Gasteiger partial charge is 0.308 e. The lowest BCUT2D eigenvalue weighted by Crippen LogP contribution is -2.31. The van der Waals surface area contributed by atoms with Crippen molar-refractivity contribution in [1.82, 2.24) is 9.62 Å². The Labute approximate surface area is 128 Å². The van der Waals surface area contributed by atoms with Gasteiger partial charge in [-0.25, -0.2) is 13.1 Å². The summed E-state index contributed by atoms with van der Waals surface area (Å²) in [6.07, 6.45) is 0. The minimum atomic E-state index is -3.46. The number of thiophene rings is 1. The van der Waals surface area contributed by atoms with Crippen molar-refractivity contribution in [2.24, 2.45) is 0 Å². The maximum Gasteiger partial charge on any atom is 0.250 e. The van der Waals surface area contributed by atoms with Gasteiger partial charge in [0.25, 0.3) is 0 Å². The number of hydrogen-bond donors (Lipinski definition) is 1. The van der Waals surface area contributed by atoms with Gasteiger partial charge in [-0.05, 0) is 50.2 Å². The van der Waals surface area contributed by atoms with Crippen molar-refractivity contribution < 1.29 is 8.42 Å². The first-order chi connectivity index (χ1) is 9.31. The summed E-state index contributed by atoms with van der Waals surface area (Å²) >= 11 is 7.24. The SMILES string of the molecule is Cc1c(S(=O)(=O)NCCN(C)C)sc2ccc(Cl)cc12. The van der Waals surface area contributed by atoms with Crippen molar-refractivity contribution in [3.63, 3.8) is 0 Å². The Hall–Kier alpha value is -0.660. The summed E-state index contributed by atoms with van der Waals surface area (Å²) in [6, 6.07) is 5.44. The molecule has 0 saturated heterocycles. The molecule has 2 rings (SSSR count). The third-order valence-electron chi connectivity index (χ3n) is 2.95. The fourth-order valence-corrected chi connectivity index (χ4v) is 4.88. The molecule has 1 N–H and O–H groups in total. The maximum atomic E-state index is 12.3. The van der Waals surface area contributed by atoms with Crippen LogP contribution >= 0.6 is 22.9 Å². The third kappa shape index (κ3) is 3.32. The van der Waals surface area contributed by atoms with E-state index in [1.165, 1.54) is 11.3 Å². The number of likely N-dealkylation sites (N-methyl/N-ethyl adjacent to an activating group) is 1. The predicted molar refractivity (Wildman–Crippen MR) is 85.3 cm³/mol. The zero-order valence-corrected chi connectivity index (χ0v) is 14.0. The van der Waals surface area contributed by atoms with Crippen LogP contribution in [0.15, 0.2) is 22.4 Å². The number of halogens is 1. The van der Waals surface area contributed by atoms with E-state index in [1.54, 1.807) is 6.07 Å². The molecule has 1 aromatic heterocycles. The minimum Gasteiger partial charge on any atom is -0.308 e. The van der Waals surface area contributed by atoms with Gasteiger partial charge >= 0.3 is 0 Å². The highest BCUT2D eigenvalue weighted by molar-refractivity contribution is 7.91. The molecular weight excluding hydrogens is 316 g/mol. The molecule has 110 valence electrons. The monoisotopic (exact) mass is 332 g/mol. The molecule has 0 saturated carbocycles. The highest BCUT2D eigenvalue weighted by Gasteiger charge is 2.21. The second-order valence-electron chi connectivity index (χ2n) is 4.86. The lowest BCUT2D eigenvalue weighted by atomic mass is 10.2. The van der Waals surface area contributed by atoms with Gasteiger partial charge in [0.1, 0.15) is 4.21 Å². The molecule has 0 aliphatic rings. The van der Waals surface area contributed by atoms with Crippen LogP contribution in [0.3, 0.4) is 0 Å². The smallest absolute Gasteiger partial charge is 0.250 e. The molecule has 0 radical (unpaired) electrons. The average Bonchev–Trinajstić information content (AvgIpc) is 2.67. The van der Waals surface area contributed by atoms with Gasteiger partial charge in [0, 0.05) is 22.8 Å². The Morgan fingerprint density at radius 3 is 2.70 bits per heavy atom. The van der Waals surface area contributed by atoms with Gasteiger partial charge in [-0.1, -0.05) is 11.6 Å². The fourth-order valence-electron chi connectivity index (χ4n) is 1.90. The van der Waals surface area contributed by atoms with Gasteiger partial charge in [0.15, 0.2) is 0 Å². The van der Waals surface area contributed by atoms with Crippen molar-refractivity contribution in [3.05, 3.63) is 28.8 Å². The summed E-state index contributed by atoms with van der Waals surface area (Å²) in [5.41, 5.74) is 0.754. The molecule has 4 nitrogen and oxygen atoms in total. The Kier molecular flexibility index (Phi) is 4.71. The summed E-state index contributed by atoms with van der Waals surface area (Å²) in [7, 11) is 0.345. The van der Waals surface area contributed by atoms with E-state index in [-0.39, 0.29) is 0 Å². The lowest BCUT2D eigenvalue weighted by Gasteiger charge is -2.10. The molecule has 1 aromatic carbocycles. The quantitative estimate of drug-likeness (QED) is 0.915. The van der Waals surface area contributed by atoms with E-state index in [0.29, 0.717) is 22.3 Å². The Morgan fingerprint density at radius 2 is 2.05 bits per heavy atom. The van der Waals surface area contributed by atoms with E-state index in [9.17, 15) is 8.42 Å². The van der Waals surface area contributed by atoms with Crippen LogP contribution in [0.4, 0.5) is 0 Å². The van der Waals surface area contributed by atoms with Gasteiger partial charge in [-0.15, -0.1) is 11.3 Å². The first-order valence-corrected chi connectivity index (χ1v) is 8.82. The van der Waals surface area contributed by atoms with Crippen molar-refractivity contribution in [2.45, 2.75) is 11.1 Å². The van der Waals surface area contributed by atoms with Gasteiger partial charge < -0.3 is 4.90 Å². The number of sulfonamides is 1. The van der Waals surface area contributed by atoms with Crippen molar-refractivity contribution >= 4 is 43.0 Å². The van der Waals surface area contributed by atoms with Crippen molar-refractivity contribution in [3.8, 4) is 0 Å². The summed E-state index contributed by atoms with van der Waals surface area (Å²) < 4.78 is 28.6. The first-order valence-electron chi connectivity index (χ1n) is 6.14. The number of fused-ring (bicyclic) bond motifs is 1. The average molecular weight is 333 g/mol.